The maximum Gasteiger partial charge on any atom is 0.309 e. The normalized spacial score (nSPS) is 28.2. The van der Waals surface area contributed by atoms with Gasteiger partial charge in [0.2, 0.25) is 0 Å². The molecular formula is C30H44O7. The third kappa shape index (κ3) is 7.26. The SMILES string of the molecule is CC(C)C(=O)OC1(C)CCCC1.CC(C)C(=O)OC1C2CC3C(=O)OC1C3C2.CCc1ccc(O)cc1. The third-order valence-corrected chi connectivity index (χ3v) is 7.96. The number of ether oxygens (including phenoxy) is 3. The number of rotatable bonds is 5. The Kier molecular flexibility index (Phi) is 9.65. The molecule has 1 saturated heterocycles. The zero-order valence-corrected chi connectivity index (χ0v) is 23.2. The second-order valence-corrected chi connectivity index (χ2v) is 11.7. The summed E-state index contributed by atoms with van der Waals surface area (Å²) in [5, 5.41) is 8.85. The van der Waals surface area contributed by atoms with Crippen LogP contribution in [0.4, 0.5) is 0 Å². The fourth-order valence-corrected chi connectivity index (χ4v) is 5.65. The predicted molar refractivity (Wildman–Crippen MR) is 140 cm³/mol. The molecule has 1 aromatic rings. The average Bonchev–Trinajstić information content (AvgIpc) is 3.59. The van der Waals surface area contributed by atoms with E-state index in [1.807, 2.05) is 46.8 Å². The fourth-order valence-electron chi connectivity index (χ4n) is 5.65. The van der Waals surface area contributed by atoms with Gasteiger partial charge in [0, 0.05) is 11.8 Å². The number of fused-ring (bicyclic) bond motifs is 1. The van der Waals surface area contributed by atoms with Crippen LogP contribution >= 0.6 is 0 Å². The first-order valence-electron chi connectivity index (χ1n) is 13.9. The highest BCUT2D eigenvalue weighted by atomic mass is 16.6. The first kappa shape index (κ1) is 29.0. The molecule has 3 saturated carbocycles. The Bertz CT molecular complexity index is 930. The summed E-state index contributed by atoms with van der Waals surface area (Å²) in [5.74, 6) is 0.638. The van der Waals surface area contributed by atoms with Gasteiger partial charge >= 0.3 is 17.9 Å². The van der Waals surface area contributed by atoms with Crippen molar-refractivity contribution in [1.29, 1.82) is 0 Å². The number of hydrogen-bond donors (Lipinski definition) is 1. The number of phenols is 1. The molecule has 1 aromatic carbocycles. The topological polar surface area (TPSA) is 99.1 Å². The van der Waals surface area contributed by atoms with Crippen LogP contribution in [-0.4, -0.2) is 40.8 Å². The number of carbonyl (C=O) groups is 3. The van der Waals surface area contributed by atoms with Crippen molar-refractivity contribution in [1.82, 2.24) is 0 Å². The van der Waals surface area contributed by atoms with E-state index in [1.165, 1.54) is 18.4 Å². The molecule has 7 nitrogen and oxygen atoms in total. The van der Waals surface area contributed by atoms with Gasteiger partial charge in [0.25, 0.3) is 0 Å². The van der Waals surface area contributed by atoms with Crippen molar-refractivity contribution in [2.45, 2.75) is 104 Å². The van der Waals surface area contributed by atoms with E-state index in [0.717, 1.165) is 32.1 Å². The molecule has 37 heavy (non-hydrogen) atoms. The van der Waals surface area contributed by atoms with Gasteiger partial charge in [-0.25, -0.2) is 0 Å². The number of benzene rings is 1. The lowest BCUT2D eigenvalue weighted by Gasteiger charge is -2.25. The van der Waals surface area contributed by atoms with Crippen molar-refractivity contribution in [3.05, 3.63) is 29.8 Å². The highest BCUT2D eigenvalue weighted by Gasteiger charge is 2.63. The van der Waals surface area contributed by atoms with E-state index in [2.05, 4.69) is 6.92 Å². The maximum absolute atomic E-state index is 11.6. The maximum atomic E-state index is 11.6. The molecule has 1 aliphatic heterocycles. The van der Waals surface area contributed by atoms with Crippen LogP contribution in [0, 0.1) is 29.6 Å². The van der Waals surface area contributed by atoms with Crippen molar-refractivity contribution in [3.8, 4) is 5.75 Å². The number of phenolic OH excluding ortho intramolecular Hbond substituents is 1. The molecule has 2 bridgehead atoms. The molecule has 4 fully saturated rings. The first-order chi connectivity index (χ1) is 17.4. The fraction of sp³-hybridized carbons (Fsp3) is 0.700. The summed E-state index contributed by atoms with van der Waals surface area (Å²) < 4.78 is 16.2. The minimum atomic E-state index is -0.183. The standard InChI is InChI=1S/C12H16O4.C10H18O2.C8H10O/c1-5(2)11(13)15-9-6-3-7-8(4-6)12(14)16-10(7)9;1-8(2)9(11)12-10(3)6-4-5-7-10;1-2-7-3-5-8(9)6-4-7/h5-10H,3-4H2,1-2H3;8H,4-7H2,1-3H3;3-6,9H,2H2,1H3. The van der Waals surface area contributed by atoms with Gasteiger partial charge in [-0.05, 0) is 69.6 Å². The second-order valence-electron chi connectivity index (χ2n) is 11.7. The van der Waals surface area contributed by atoms with E-state index < -0.39 is 0 Å². The molecule has 1 N–H and O–H groups in total. The molecule has 0 radical (unpaired) electrons. The van der Waals surface area contributed by atoms with Crippen LogP contribution in [0.2, 0.25) is 0 Å². The average molecular weight is 517 g/mol. The van der Waals surface area contributed by atoms with E-state index in [0.29, 0.717) is 17.6 Å². The molecule has 0 amide bonds. The van der Waals surface area contributed by atoms with Gasteiger partial charge in [-0.2, -0.15) is 0 Å². The minimum Gasteiger partial charge on any atom is -0.508 e. The first-order valence-corrected chi connectivity index (χ1v) is 13.9. The van der Waals surface area contributed by atoms with Crippen LogP contribution < -0.4 is 0 Å². The van der Waals surface area contributed by atoms with E-state index in [4.69, 9.17) is 19.3 Å². The van der Waals surface area contributed by atoms with Gasteiger partial charge in [-0.1, -0.05) is 46.8 Å². The summed E-state index contributed by atoms with van der Waals surface area (Å²) in [6.07, 6.45) is 6.98. The van der Waals surface area contributed by atoms with Crippen LogP contribution in [0.25, 0.3) is 0 Å². The molecule has 5 unspecified atom stereocenters. The lowest BCUT2D eigenvalue weighted by atomic mass is 9.88. The van der Waals surface area contributed by atoms with Crippen molar-refractivity contribution in [2.75, 3.05) is 0 Å². The van der Waals surface area contributed by atoms with Crippen LogP contribution in [0.15, 0.2) is 24.3 Å². The van der Waals surface area contributed by atoms with Gasteiger partial charge in [0.1, 0.15) is 23.6 Å². The number of aryl methyl sites for hydroxylation is 1. The van der Waals surface area contributed by atoms with Crippen molar-refractivity contribution in [2.24, 2.45) is 29.6 Å². The van der Waals surface area contributed by atoms with Crippen LogP contribution in [0.1, 0.15) is 85.6 Å². The van der Waals surface area contributed by atoms with Gasteiger partial charge in [-0.3, -0.25) is 14.4 Å². The van der Waals surface area contributed by atoms with E-state index in [9.17, 15) is 14.4 Å². The molecule has 7 heteroatoms. The van der Waals surface area contributed by atoms with Gasteiger partial charge in [0.15, 0.2) is 0 Å². The van der Waals surface area contributed by atoms with Crippen LogP contribution in [0.3, 0.4) is 0 Å². The monoisotopic (exact) mass is 516 g/mol. The molecule has 5 rings (SSSR count). The van der Waals surface area contributed by atoms with Crippen LogP contribution in [-0.2, 0) is 35.0 Å². The summed E-state index contributed by atoms with van der Waals surface area (Å²) in [5.41, 5.74) is 1.11. The van der Waals surface area contributed by atoms with Gasteiger partial charge in [0.05, 0.1) is 17.8 Å². The Morgan fingerprint density at radius 3 is 2.16 bits per heavy atom. The summed E-state index contributed by atoms with van der Waals surface area (Å²) in [6, 6.07) is 7.27. The second kappa shape index (κ2) is 12.3. The molecule has 1 heterocycles. The molecular weight excluding hydrogens is 472 g/mol. The van der Waals surface area contributed by atoms with Crippen molar-refractivity contribution >= 4 is 17.9 Å². The zero-order valence-electron chi connectivity index (χ0n) is 23.2. The zero-order chi connectivity index (χ0) is 27.3. The minimum absolute atomic E-state index is 0.00225. The summed E-state index contributed by atoms with van der Waals surface area (Å²) in [4.78, 5) is 34.3. The molecule has 0 aromatic heterocycles. The number of esters is 3. The molecule has 5 atom stereocenters. The molecule has 4 aliphatic rings. The van der Waals surface area contributed by atoms with Crippen molar-refractivity contribution in [3.63, 3.8) is 0 Å². The molecule has 3 aliphatic carbocycles. The summed E-state index contributed by atoms with van der Waals surface area (Å²) in [6.45, 7) is 11.5. The third-order valence-electron chi connectivity index (χ3n) is 7.96. The Balaban J connectivity index is 0.000000162. The predicted octanol–water partition coefficient (Wildman–Crippen LogP) is 5.61. The van der Waals surface area contributed by atoms with E-state index >= 15 is 0 Å². The van der Waals surface area contributed by atoms with E-state index in [1.54, 1.807) is 12.1 Å². The summed E-state index contributed by atoms with van der Waals surface area (Å²) in [7, 11) is 0. The largest absolute Gasteiger partial charge is 0.508 e. The van der Waals surface area contributed by atoms with Crippen molar-refractivity contribution < 1.29 is 33.7 Å². The smallest absolute Gasteiger partial charge is 0.309 e. The lowest BCUT2D eigenvalue weighted by molar-refractivity contribution is -0.164. The number of aromatic hydroxyl groups is 1. The Morgan fingerprint density at radius 2 is 1.62 bits per heavy atom. The highest BCUT2D eigenvalue weighted by molar-refractivity contribution is 5.77. The summed E-state index contributed by atoms with van der Waals surface area (Å²) >= 11 is 0. The number of hydrogen-bond acceptors (Lipinski definition) is 7. The van der Waals surface area contributed by atoms with Gasteiger partial charge < -0.3 is 19.3 Å². The van der Waals surface area contributed by atoms with E-state index in [-0.39, 0.29) is 53.5 Å². The van der Waals surface area contributed by atoms with Gasteiger partial charge in [-0.15, -0.1) is 0 Å². The van der Waals surface area contributed by atoms with Crippen LogP contribution in [0.5, 0.6) is 5.75 Å². The number of carbonyl (C=O) groups excluding carboxylic acids is 3. The molecule has 206 valence electrons. The Labute approximate surface area is 221 Å². The Morgan fingerprint density at radius 1 is 1.03 bits per heavy atom. The quantitative estimate of drug-likeness (QED) is 0.401. The lowest BCUT2D eigenvalue weighted by Crippen LogP contribution is -2.36. The Hall–Kier alpha value is -2.57. The highest BCUT2D eigenvalue weighted by Crippen LogP contribution is 2.55. The molecule has 0 spiro atoms.